The smallest absolute Gasteiger partial charge is 0.360 e. The summed E-state index contributed by atoms with van der Waals surface area (Å²) in [5.74, 6) is -0.120. The first-order chi connectivity index (χ1) is 16.7. The van der Waals surface area contributed by atoms with Gasteiger partial charge in [0.15, 0.2) is 19.9 Å². The number of oxazole rings is 1. The molecule has 0 bridgehead atoms. The van der Waals surface area contributed by atoms with E-state index in [1.54, 1.807) is 19.3 Å². The van der Waals surface area contributed by atoms with Gasteiger partial charge < -0.3 is 18.3 Å². The van der Waals surface area contributed by atoms with Crippen LogP contribution in [-0.4, -0.2) is 44.7 Å². The van der Waals surface area contributed by atoms with Crippen molar-refractivity contribution >= 4 is 36.9 Å². The third kappa shape index (κ3) is 9.43. The van der Waals surface area contributed by atoms with Gasteiger partial charge in [-0.1, -0.05) is 100 Å². The molecular weight excluding hydrogens is 585 g/mol. The molecule has 1 aromatic rings. The van der Waals surface area contributed by atoms with Gasteiger partial charge in [0.05, 0.1) is 18.6 Å². The SMILES string of the molecule is C=C/C=C/[C@@H](Cc1nc(C(=O)O[C@@H](C/C=C\I)C(C)(C)[C@H](/C=C/C)O[Si](C)(C)C(C)(C)C)co1)OC. The number of hydrogen-bond donors (Lipinski definition) is 0. The summed E-state index contributed by atoms with van der Waals surface area (Å²) in [5.41, 5.74) is -0.364. The van der Waals surface area contributed by atoms with Crippen molar-refractivity contribution in [1.29, 1.82) is 0 Å². The van der Waals surface area contributed by atoms with Crippen LogP contribution in [0.2, 0.25) is 18.1 Å². The zero-order valence-electron chi connectivity index (χ0n) is 23.3. The molecule has 0 aromatic carbocycles. The molecule has 0 aliphatic heterocycles. The van der Waals surface area contributed by atoms with Crippen molar-refractivity contribution in [2.24, 2.45) is 5.41 Å². The summed E-state index contributed by atoms with van der Waals surface area (Å²) < 4.78 is 25.8. The molecule has 3 atom stereocenters. The Morgan fingerprint density at radius 2 is 1.92 bits per heavy atom. The predicted octanol–water partition coefficient (Wildman–Crippen LogP) is 7.83. The highest BCUT2D eigenvalue weighted by Gasteiger charge is 2.45. The van der Waals surface area contributed by atoms with E-state index in [1.807, 2.05) is 29.2 Å². The van der Waals surface area contributed by atoms with Gasteiger partial charge in [0.2, 0.25) is 0 Å². The van der Waals surface area contributed by atoms with E-state index in [1.165, 1.54) is 6.26 Å². The van der Waals surface area contributed by atoms with Crippen molar-refractivity contribution < 1.29 is 23.1 Å². The molecule has 0 N–H and O–H groups in total. The van der Waals surface area contributed by atoms with Gasteiger partial charge in [0.1, 0.15) is 12.4 Å². The van der Waals surface area contributed by atoms with Crippen LogP contribution in [0.25, 0.3) is 0 Å². The van der Waals surface area contributed by atoms with Gasteiger partial charge >= 0.3 is 5.97 Å². The van der Waals surface area contributed by atoms with Crippen LogP contribution in [0.1, 0.15) is 64.3 Å². The molecule has 1 heterocycles. The minimum atomic E-state index is -2.08. The maximum absolute atomic E-state index is 13.2. The Labute approximate surface area is 232 Å². The molecule has 202 valence electrons. The molecule has 0 spiro atoms. The lowest BCUT2D eigenvalue weighted by Gasteiger charge is -2.45. The number of ether oxygens (including phenoxy) is 2. The topological polar surface area (TPSA) is 70.8 Å². The number of nitrogens with zero attached hydrogens (tertiary/aromatic N) is 1. The molecule has 0 saturated heterocycles. The fourth-order valence-corrected chi connectivity index (χ4v) is 4.93. The first-order valence-electron chi connectivity index (χ1n) is 12.3. The second-order valence-electron chi connectivity index (χ2n) is 10.9. The number of allylic oxidation sites excluding steroid dienone is 3. The van der Waals surface area contributed by atoms with Gasteiger partial charge in [0.25, 0.3) is 0 Å². The number of carbonyl (C=O) groups excluding carboxylic acids is 1. The summed E-state index contributed by atoms with van der Waals surface area (Å²) in [6.45, 7) is 21.0. The van der Waals surface area contributed by atoms with E-state index >= 15 is 0 Å². The van der Waals surface area contributed by atoms with E-state index in [2.05, 4.69) is 87.9 Å². The molecule has 36 heavy (non-hydrogen) atoms. The monoisotopic (exact) mass is 629 g/mol. The normalized spacial score (nSPS) is 16.1. The second kappa shape index (κ2) is 14.4. The van der Waals surface area contributed by atoms with Crippen LogP contribution in [0.3, 0.4) is 0 Å². The van der Waals surface area contributed by atoms with Gasteiger partial charge in [-0.15, -0.1) is 0 Å². The van der Waals surface area contributed by atoms with Crippen molar-refractivity contribution in [3.8, 4) is 0 Å². The Hall–Kier alpha value is -1.49. The molecule has 0 aliphatic rings. The minimum absolute atomic E-state index is 0.0508. The van der Waals surface area contributed by atoms with Crippen LogP contribution < -0.4 is 0 Å². The Bertz CT molecular complexity index is 927. The van der Waals surface area contributed by atoms with E-state index in [-0.39, 0.29) is 22.9 Å². The molecule has 0 fully saturated rings. The van der Waals surface area contributed by atoms with E-state index in [9.17, 15) is 4.79 Å². The van der Waals surface area contributed by atoms with Crippen molar-refractivity contribution in [1.82, 2.24) is 4.98 Å². The van der Waals surface area contributed by atoms with Crippen LogP contribution in [0.15, 0.2) is 57.8 Å². The van der Waals surface area contributed by atoms with Gasteiger partial charge in [-0.25, -0.2) is 9.78 Å². The minimum Gasteiger partial charge on any atom is -0.457 e. The molecule has 1 aromatic heterocycles. The summed E-state index contributed by atoms with van der Waals surface area (Å²) in [4.78, 5) is 17.5. The molecule has 8 heteroatoms. The van der Waals surface area contributed by atoms with Gasteiger partial charge in [-0.3, -0.25) is 0 Å². The van der Waals surface area contributed by atoms with Crippen molar-refractivity contribution in [3.63, 3.8) is 0 Å². The lowest BCUT2D eigenvalue weighted by molar-refractivity contribution is -0.0420. The molecule has 6 nitrogen and oxygen atoms in total. The first-order valence-corrected chi connectivity index (χ1v) is 16.4. The van der Waals surface area contributed by atoms with E-state index in [0.717, 1.165) is 0 Å². The number of methoxy groups -OCH3 is 1. The number of hydrogen-bond acceptors (Lipinski definition) is 6. The fraction of sp³-hybridized carbons (Fsp3) is 0.571. The highest BCUT2D eigenvalue weighted by Crippen LogP contribution is 2.42. The number of carbonyl (C=O) groups is 1. The third-order valence-corrected chi connectivity index (χ3v) is 11.7. The summed E-state index contributed by atoms with van der Waals surface area (Å²) in [6.07, 6.45) is 12.8. The number of halogens is 1. The number of rotatable bonds is 14. The molecule has 0 unspecified atom stereocenters. The van der Waals surface area contributed by atoms with E-state index in [4.69, 9.17) is 18.3 Å². The number of aromatic nitrogens is 1. The maximum atomic E-state index is 13.2. The standard InChI is InChI=1S/C28H44INO5Si/c1-11-13-16-21(32-8)19-25-30-22(20-33-25)26(31)34-23(17-14-18-29)28(6,7)24(15-12-2)35-36(9,10)27(3,4)5/h11-16,18,20-21,23-24H,1,17,19H2,2-10H3/b15-12+,16-13+,18-14-/t21-,23-,24-/m0/s1. The highest BCUT2D eigenvalue weighted by atomic mass is 127. The Balaban J connectivity index is 3.18. The summed E-state index contributed by atoms with van der Waals surface area (Å²) in [6, 6.07) is 0. The van der Waals surface area contributed by atoms with Crippen LogP contribution in [0.5, 0.6) is 0 Å². The van der Waals surface area contributed by atoms with E-state index in [0.29, 0.717) is 18.7 Å². The number of esters is 1. The van der Waals surface area contributed by atoms with Crippen LogP contribution in [0, 0.1) is 5.41 Å². The van der Waals surface area contributed by atoms with Gasteiger partial charge in [0, 0.05) is 18.9 Å². The van der Waals surface area contributed by atoms with Gasteiger partial charge in [-0.05, 0) is 29.1 Å². The highest BCUT2D eigenvalue weighted by molar-refractivity contribution is 14.1. The average Bonchev–Trinajstić information content (AvgIpc) is 3.26. The van der Waals surface area contributed by atoms with Crippen LogP contribution in [-0.2, 0) is 20.3 Å². The zero-order valence-corrected chi connectivity index (χ0v) is 26.5. The second-order valence-corrected chi connectivity index (χ2v) is 16.3. The van der Waals surface area contributed by atoms with Crippen molar-refractivity contribution in [2.45, 2.75) is 90.8 Å². The van der Waals surface area contributed by atoms with Crippen molar-refractivity contribution in [3.05, 3.63) is 65.0 Å². The zero-order chi connectivity index (χ0) is 27.6. The lowest BCUT2D eigenvalue weighted by Crippen LogP contribution is -2.51. The summed E-state index contributed by atoms with van der Waals surface area (Å²) in [7, 11) is -0.476. The average molecular weight is 630 g/mol. The van der Waals surface area contributed by atoms with Crippen LogP contribution in [0.4, 0.5) is 0 Å². The summed E-state index contributed by atoms with van der Waals surface area (Å²) in [5, 5.41) is 0.0508. The van der Waals surface area contributed by atoms with Crippen LogP contribution >= 0.6 is 22.6 Å². The Morgan fingerprint density at radius 1 is 1.25 bits per heavy atom. The molecule has 1 rings (SSSR count). The maximum Gasteiger partial charge on any atom is 0.360 e. The molecule has 0 amide bonds. The predicted molar refractivity (Wildman–Crippen MR) is 158 cm³/mol. The largest absolute Gasteiger partial charge is 0.457 e. The Morgan fingerprint density at radius 3 is 2.44 bits per heavy atom. The van der Waals surface area contributed by atoms with E-state index < -0.39 is 25.8 Å². The molecule has 0 saturated carbocycles. The molecule has 0 radical (unpaired) electrons. The molecular formula is C28H44INO5Si. The fourth-order valence-electron chi connectivity index (χ4n) is 3.26. The van der Waals surface area contributed by atoms with Gasteiger partial charge in [-0.2, -0.15) is 0 Å². The molecule has 0 aliphatic carbocycles. The Kier molecular flexibility index (Phi) is 13.1. The van der Waals surface area contributed by atoms with Crippen molar-refractivity contribution in [2.75, 3.05) is 7.11 Å². The third-order valence-electron chi connectivity index (χ3n) is 6.75. The lowest BCUT2D eigenvalue weighted by atomic mass is 9.79. The summed E-state index contributed by atoms with van der Waals surface area (Å²) >= 11 is 2.18. The first kappa shape index (κ1) is 32.5. The quantitative estimate of drug-likeness (QED) is 0.0687.